The fourth-order valence-corrected chi connectivity index (χ4v) is 1.96. The molecule has 0 aromatic carbocycles. The number of hydrogen-bond donors (Lipinski definition) is 0. The van der Waals surface area contributed by atoms with E-state index in [1.807, 2.05) is 22.4 Å². The van der Waals surface area contributed by atoms with Crippen molar-refractivity contribution in [2.75, 3.05) is 11.4 Å². The minimum Gasteiger partial charge on any atom is -0.304 e. The van der Waals surface area contributed by atoms with E-state index < -0.39 is 0 Å². The Morgan fingerprint density at radius 2 is 2.38 bits per heavy atom. The molecule has 13 heavy (non-hydrogen) atoms. The second kappa shape index (κ2) is 5.02. The lowest BCUT2D eigenvalue weighted by atomic mass is 10.3. The van der Waals surface area contributed by atoms with Gasteiger partial charge in [0, 0.05) is 13.5 Å². The number of nitrogens with zero attached hydrogens (tertiary/aromatic N) is 1. The summed E-state index contributed by atoms with van der Waals surface area (Å²) in [6.07, 6.45) is 2.19. The van der Waals surface area contributed by atoms with Crippen molar-refractivity contribution in [2.24, 2.45) is 0 Å². The van der Waals surface area contributed by atoms with Gasteiger partial charge in [-0.25, -0.2) is 0 Å². The molecule has 0 aliphatic carbocycles. The molecule has 1 aromatic rings. The van der Waals surface area contributed by atoms with Crippen LogP contribution in [-0.4, -0.2) is 12.5 Å². The molecule has 0 radical (unpaired) electrons. The molecule has 3 heteroatoms. The zero-order chi connectivity index (χ0) is 9.68. The van der Waals surface area contributed by atoms with Crippen LogP contribution in [0, 0.1) is 0 Å². The normalized spacial score (nSPS) is 10.0. The number of amides is 1. The molecule has 1 aromatic heterocycles. The Bertz CT molecular complexity index is 256. The zero-order valence-corrected chi connectivity index (χ0v) is 8.93. The van der Waals surface area contributed by atoms with Gasteiger partial charge in [-0.15, -0.1) is 11.3 Å². The van der Waals surface area contributed by atoms with E-state index in [4.69, 9.17) is 0 Å². The summed E-state index contributed by atoms with van der Waals surface area (Å²) in [5.41, 5.74) is 0. The van der Waals surface area contributed by atoms with Gasteiger partial charge in [0.25, 0.3) is 0 Å². The Hall–Kier alpha value is -0.830. The summed E-state index contributed by atoms with van der Waals surface area (Å²) in [6, 6.07) is 3.96. The summed E-state index contributed by atoms with van der Waals surface area (Å²) >= 11 is 1.61. The van der Waals surface area contributed by atoms with Crippen LogP contribution in [0.3, 0.4) is 0 Å². The highest BCUT2D eigenvalue weighted by atomic mass is 32.1. The fraction of sp³-hybridized carbons (Fsp3) is 0.500. The molecule has 0 saturated carbocycles. The predicted molar refractivity (Wildman–Crippen MR) is 57.3 cm³/mol. The van der Waals surface area contributed by atoms with E-state index in [1.54, 1.807) is 18.3 Å². The number of hydrogen-bond acceptors (Lipinski definition) is 2. The Morgan fingerprint density at radius 3 is 2.85 bits per heavy atom. The van der Waals surface area contributed by atoms with E-state index in [-0.39, 0.29) is 5.91 Å². The van der Waals surface area contributed by atoms with Crippen molar-refractivity contribution in [3.63, 3.8) is 0 Å². The van der Waals surface area contributed by atoms with E-state index in [9.17, 15) is 4.79 Å². The molecular formula is C10H15NOS. The van der Waals surface area contributed by atoms with Crippen LogP contribution >= 0.6 is 11.3 Å². The minimum absolute atomic E-state index is 0.135. The number of anilines is 1. The van der Waals surface area contributed by atoms with E-state index in [2.05, 4.69) is 6.92 Å². The molecule has 0 bridgehead atoms. The highest BCUT2D eigenvalue weighted by Gasteiger charge is 2.10. The molecule has 0 saturated heterocycles. The van der Waals surface area contributed by atoms with Gasteiger partial charge in [-0.1, -0.05) is 13.3 Å². The van der Waals surface area contributed by atoms with Crippen molar-refractivity contribution in [3.8, 4) is 0 Å². The molecule has 2 nitrogen and oxygen atoms in total. The van der Waals surface area contributed by atoms with Crippen LogP contribution < -0.4 is 4.90 Å². The summed E-state index contributed by atoms with van der Waals surface area (Å²) in [4.78, 5) is 13.1. The first-order valence-corrected chi connectivity index (χ1v) is 5.45. The molecule has 0 atom stereocenters. The molecule has 72 valence electrons. The van der Waals surface area contributed by atoms with Crippen molar-refractivity contribution in [3.05, 3.63) is 17.5 Å². The molecular weight excluding hydrogens is 182 g/mol. The predicted octanol–water partition coefficient (Wildman–Crippen LogP) is 2.90. The second-order valence-corrected chi connectivity index (χ2v) is 3.90. The smallest absolute Gasteiger partial charge is 0.224 e. The van der Waals surface area contributed by atoms with E-state index in [0.29, 0.717) is 0 Å². The third-order valence-corrected chi connectivity index (χ3v) is 2.78. The summed E-state index contributed by atoms with van der Waals surface area (Å²) in [5.74, 6) is 0.135. The van der Waals surface area contributed by atoms with Crippen LogP contribution in [0.5, 0.6) is 0 Å². The zero-order valence-electron chi connectivity index (χ0n) is 8.12. The van der Waals surface area contributed by atoms with E-state index in [0.717, 1.165) is 24.4 Å². The van der Waals surface area contributed by atoms with Crippen molar-refractivity contribution < 1.29 is 4.79 Å². The largest absolute Gasteiger partial charge is 0.304 e. The monoisotopic (exact) mass is 197 g/mol. The van der Waals surface area contributed by atoms with Crippen molar-refractivity contribution in [1.82, 2.24) is 0 Å². The van der Waals surface area contributed by atoms with Crippen LogP contribution in [0.15, 0.2) is 17.5 Å². The van der Waals surface area contributed by atoms with Crippen molar-refractivity contribution in [2.45, 2.75) is 26.7 Å². The quantitative estimate of drug-likeness (QED) is 0.726. The highest BCUT2D eigenvalue weighted by Crippen LogP contribution is 2.21. The summed E-state index contributed by atoms with van der Waals surface area (Å²) in [6.45, 7) is 4.59. The van der Waals surface area contributed by atoms with Crippen molar-refractivity contribution in [1.29, 1.82) is 0 Å². The molecule has 0 N–H and O–H groups in total. The fourth-order valence-electron chi connectivity index (χ4n) is 1.16. The maximum absolute atomic E-state index is 11.3. The minimum atomic E-state index is 0.135. The lowest BCUT2D eigenvalue weighted by molar-refractivity contribution is -0.116. The van der Waals surface area contributed by atoms with Gasteiger partial charge in [-0.05, 0) is 23.9 Å². The van der Waals surface area contributed by atoms with Crippen LogP contribution in [0.2, 0.25) is 0 Å². The molecule has 1 amide bonds. The Morgan fingerprint density at radius 1 is 1.62 bits per heavy atom. The number of carbonyl (C=O) groups excluding carboxylic acids is 1. The maximum atomic E-state index is 11.3. The first-order chi connectivity index (χ1) is 6.25. The van der Waals surface area contributed by atoms with E-state index >= 15 is 0 Å². The average Bonchev–Trinajstić information content (AvgIpc) is 2.57. The van der Waals surface area contributed by atoms with Gasteiger partial charge in [0.2, 0.25) is 5.91 Å². The summed E-state index contributed by atoms with van der Waals surface area (Å²) in [7, 11) is 0. The van der Waals surface area contributed by atoms with Gasteiger partial charge < -0.3 is 4.90 Å². The molecule has 0 spiro atoms. The van der Waals surface area contributed by atoms with Crippen LogP contribution in [-0.2, 0) is 4.79 Å². The topological polar surface area (TPSA) is 20.3 Å². The number of rotatable bonds is 4. The van der Waals surface area contributed by atoms with Crippen molar-refractivity contribution >= 4 is 22.2 Å². The Kier molecular flexibility index (Phi) is 3.96. The van der Waals surface area contributed by atoms with Gasteiger partial charge >= 0.3 is 0 Å². The van der Waals surface area contributed by atoms with Crippen LogP contribution in [0.25, 0.3) is 0 Å². The van der Waals surface area contributed by atoms with E-state index in [1.165, 1.54) is 0 Å². The second-order valence-electron chi connectivity index (χ2n) is 2.98. The molecule has 0 aliphatic rings. The lowest BCUT2D eigenvalue weighted by Crippen LogP contribution is -2.28. The molecule has 0 aliphatic heterocycles. The summed E-state index contributed by atoms with van der Waals surface area (Å²) < 4.78 is 0. The van der Waals surface area contributed by atoms with Gasteiger partial charge in [-0.3, -0.25) is 4.79 Å². The number of carbonyl (C=O) groups is 1. The third kappa shape index (κ3) is 2.84. The molecule has 1 rings (SSSR count). The van der Waals surface area contributed by atoms with Gasteiger partial charge in [-0.2, -0.15) is 0 Å². The standard InChI is InChI=1S/C10H15NOS/c1-3-4-7-11(9(2)12)10-6-5-8-13-10/h5-6,8H,3-4,7H2,1-2H3. The number of unbranched alkanes of at least 4 members (excludes halogenated alkanes) is 1. The van der Waals surface area contributed by atoms with Gasteiger partial charge in [0.05, 0.1) is 5.00 Å². The SMILES string of the molecule is CCCCN(C(C)=O)c1cccs1. The maximum Gasteiger partial charge on any atom is 0.224 e. The van der Waals surface area contributed by atoms with Crippen LogP contribution in [0.1, 0.15) is 26.7 Å². The lowest BCUT2D eigenvalue weighted by Gasteiger charge is -2.18. The highest BCUT2D eigenvalue weighted by molar-refractivity contribution is 7.14. The third-order valence-electron chi connectivity index (χ3n) is 1.89. The Labute approximate surface area is 83.2 Å². The molecule has 0 fully saturated rings. The first-order valence-electron chi connectivity index (χ1n) is 4.57. The molecule has 1 heterocycles. The Balaban J connectivity index is 2.63. The summed E-state index contributed by atoms with van der Waals surface area (Å²) in [5, 5.41) is 3.05. The van der Waals surface area contributed by atoms with Gasteiger partial charge in [0.1, 0.15) is 0 Å². The van der Waals surface area contributed by atoms with Gasteiger partial charge in [0.15, 0.2) is 0 Å². The first kappa shape index (κ1) is 10.3. The molecule has 0 unspecified atom stereocenters. The number of thiophene rings is 1. The average molecular weight is 197 g/mol. The van der Waals surface area contributed by atoms with Crippen LogP contribution in [0.4, 0.5) is 5.00 Å².